The molecule has 0 spiro atoms. The molecule has 0 fully saturated rings. The van der Waals surface area contributed by atoms with Crippen LogP contribution in [0.5, 0.6) is 11.5 Å². The summed E-state index contributed by atoms with van der Waals surface area (Å²) in [5.41, 5.74) is 3.38. The van der Waals surface area contributed by atoms with Crippen LogP contribution >= 0.6 is 7.26 Å². The molecule has 6 heteroatoms. The van der Waals surface area contributed by atoms with Crippen LogP contribution < -0.4 is 30.8 Å². The number of aromatic nitrogens is 3. The molecule has 3 aromatic heterocycles. The molecule has 0 saturated heterocycles. The summed E-state index contributed by atoms with van der Waals surface area (Å²) in [6.07, 6.45) is 6.24. The lowest BCUT2D eigenvalue weighted by atomic mass is 10.2. The molecule has 0 saturated carbocycles. The van der Waals surface area contributed by atoms with Crippen LogP contribution in [-0.2, 0) is 14.1 Å². The van der Waals surface area contributed by atoms with E-state index in [0.29, 0.717) is 0 Å². The van der Waals surface area contributed by atoms with Gasteiger partial charge in [0.05, 0.1) is 31.4 Å². The van der Waals surface area contributed by atoms with Crippen molar-refractivity contribution in [1.82, 2.24) is 14.1 Å². The monoisotopic (exact) mass is 506 g/mol. The lowest BCUT2D eigenvalue weighted by Gasteiger charge is -2.27. The fraction of sp³-hybridized carbons (Fsp3) is 0.129. The van der Waals surface area contributed by atoms with Crippen LogP contribution in [0.15, 0.2) is 104 Å². The SMILES string of the molecule is COc1ccc([P+](c2ccc(OC)cc2)(c2cc3ccn(C)c3cn2)c2cccc3c2ccn3C)cc1. The Morgan fingerprint density at radius 2 is 1.27 bits per heavy atom. The van der Waals surface area contributed by atoms with Gasteiger partial charge >= 0.3 is 0 Å². The number of rotatable bonds is 6. The minimum absolute atomic E-state index is 0.834. The number of benzene rings is 3. The summed E-state index contributed by atoms with van der Waals surface area (Å²) in [4.78, 5) is 5.20. The standard InChI is InChI=1S/C31H29N3O2P/c1-33-19-17-27-28(33)6-5-7-30(27)37(25-12-8-23(35-3)9-13-25,26-14-10-24(36-4)11-15-26)31-20-22-16-18-34(2)29(22)21-32-31/h5-21H,1-4H3/q+1. The molecular formula is C31H29N3O2P+. The second-order valence-corrected chi connectivity index (χ2v) is 12.5. The van der Waals surface area contributed by atoms with E-state index < -0.39 is 7.26 Å². The molecule has 0 aliphatic rings. The highest BCUT2D eigenvalue weighted by molar-refractivity contribution is 8.01. The first kappa shape index (κ1) is 23.3. The van der Waals surface area contributed by atoms with Crippen molar-refractivity contribution in [2.75, 3.05) is 14.2 Å². The van der Waals surface area contributed by atoms with Gasteiger partial charge in [-0.2, -0.15) is 0 Å². The Kier molecular flexibility index (Phi) is 5.73. The van der Waals surface area contributed by atoms with Gasteiger partial charge in [-0.1, -0.05) is 6.07 Å². The van der Waals surface area contributed by atoms with Crippen LogP contribution in [0.4, 0.5) is 0 Å². The van der Waals surface area contributed by atoms with Gasteiger partial charge in [-0.15, -0.1) is 0 Å². The van der Waals surface area contributed by atoms with Gasteiger partial charge in [-0.25, -0.2) is 4.98 Å². The molecule has 0 radical (unpaired) electrons. The third kappa shape index (κ3) is 3.61. The summed E-state index contributed by atoms with van der Waals surface area (Å²) in [7, 11) is 5.13. The second-order valence-electron chi connectivity index (χ2n) is 9.23. The number of nitrogens with zero attached hydrogens (tertiary/aromatic N) is 3. The molecule has 0 N–H and O–H groups in total. The first-order valence-electron chi connectivity index (χ1n) is 12.2. The number of ether oxygens (including phenoxy) is 2. The molecule has 0 bridgehead atoms. The van der Waals surface area contributed by atoms with Crippen molar-refractivity contribution in [2.24, 2.45) is 14.1 Å². The summed E-state index contributed by atoms with van der Waals surface area (Å²) in [5, 5.41) is 6.14. The smallest absolute Gasteiger partial charge is 0.198 e. The number of aryl methyl sites for hydroxylation is 2. The molecule has 0 aliphatic heterocycles. The second kappa shape index (κ2) is 9.10. The Morgan fingerprint density at radius 3 is 1.89 bits per heavy atom. The van der Waals surface area contributed by atoms with Crippen LogP contribution in [0.25, 0.3) is 21.8 Å². The zero-order chi connectivity index (χ0) is 25.6. The van der Waals surface area contributed by atoms with Gasteiger partial charge in [0.25, 0.3) is 0 Å². The first-order valence-corrected chi connectivity index (χ1v) is 14.0. The van der Waals surface area contributed by atoms with E-state index in [0.717, 1.165) is 22.5 Å². The molecule has 6 rings (SSSR count). The van der Waals surface area contributed by atoms with E-state index in [2.05, 4.69) is 121 Å². The Morgan fingerprint density at radius 1 is 0.676 bits per heavy atom. The molecule has 0 unspecified atom stereocenters. The zero-order valence-corrected chi connectivity index (χ0v) is 22.3. The van der Waals surface area contributed by atoms with Crippen molar-refractivity contribution in [3.8, 4) is 11.5 Å². The Balaban J connectivity index is 1.78. The molecule has 0 aliphatic carbocycles. The van der Waals surface area contributed by atoms with E-state index in [1.54, 1.807) is 14.2 Å². The topological polar surface area (TPSA) is 41.2 Å². The third-order valence-electron chi connectivity index (χ3n) is 7.29. The van der Waals surface area contributed by atoms with E-state index in [9.17, 15) is 0 Å². The lowest BCUT2D eigenvalue weighted by molar-refractivity contribution is 0.415. The average Bonchev–Trinajstić information content (AvgIpc) is 3.52. The average molecular weight is 507 g/mol. The van der Waals surface area contributed by atoms with E-state index in [-0.39, 0.29) is 0 Å². The van der Waals surface area contributed by atoms with Crippen molar-refractivity contribution < 1.29 is 9.47 Å². The number of hydrogen-bond donors (Lipinski definition) is 0. The molecule has 5 nitrogen and oxygen atoms in total. The van der Waals surface area contributed by atoms with Gasteiger partial charge in [0.1, 0.15) is 27.4 Å². The summed E-state index contributed by atoms with van der Waals surface area (Å²) < 4.78 is 15.4. The van der Waals surface area contributed by atoms with Crippen molar-refractivity contribution in [3.05, 3.63) is 104 Å². The number of pyridine rings is 1. The van der Waals surface area contributed by atoms with Crippen molar-refractivity contribution in [1.29, 1.82) is 0 Å². The highest BCUT2D eigenvalue weighted by Crippen LogP contribution is 2.55. The van der Waals surface area contributed by atoms with Crippen LogP contribution in [0.2, 0.25) is 0 Å². The Hall–Kier alpha value is -4.08. The van der Waals surface area contributed by atoms with Gasteiger partial charge in [-0.05, 0) is 72.8 Å². The van der Waals surface area contributed by atoms with Gasteiger partial charge in [-0.3, -0.25) is 0 Å². The van der Waals surface area contributed by atoms with Gasteiger partial charge in [0.2, 0.25) is 0 Å². The first-order chi connectivity index (χ1) is 18.1. The predicted octanol–water partition coefficient (Wildman–Crippen LogP) is 4.70. The molecule has 6 aromatic rings. The quantitative estimate of drug-likeness (QED) is 0.308. The van der Waals surface area contributed by atoms with Crippen molar-refractivity contribution in [2.45, 2.75) is 0 Å². The summed E-state index contributed by atoms with van der Waals surface area (Å²) in [6, 6.07) is 30.3. The Bertz CT molecular complexity index is 1670. The molecule has 0 amide bonds. The highest BCUT2D eigenvalue weighted by Gasteiger charge is 2.51. The van der Waals surface area contributed by atoms with Crippen LogP contribution in [-0.4, -0.2) is 28.3 Å². The molecule has 0 atom stereocenters. The van der Waals surface area contributed by atoms with E-state index >= 15 is 0 Å². The van der Waals surface area contributed by atoms with E-state index in [1.807, 2.05) is 6.20 Å². The van der Waals surface area contributed by atoms with Crippen LogP contribution in [0, 0.1) is 0 Å². The van der Waals surface area contributed by atoms with Crippen LogP contribution in [0.1, 0.15) is 0 Å². The maximum absolute atomic E-state index is 5.54. The summed E-state index contributed by atoms with van der Waals surface area (Å²) in [6.45, 7) is 0. The van der Waals surface area contributed by atoms with Gasteiger partial charge in [0.15, 0.2) is 12.7 Å². The molecule has 37 heavy (non-hydrogen) atoms. The normalized spacial score (nSPS) is 11.8. The molecule has 3 heterocycles. The maximum atomic E-state index is 5.54. The largest absolute Gasteiger partial charge is 0.497 e. The number of methoxy groups -OCH3 is 2. The molecular weight excluding hydrogens is 477 g/mol. The van der Waals surface area contributed by atoms with Crippen molar-refractivity contribution >= 4 is 50.4 Å². The summed E-state index contributed by atoms with van der Waals surface area (Å²) in [5.74, 6) is 1.67. The van der Waals surface area contributed by atoms with Gasteiger partial charge in [0, 0.05) is 43.3 Å². The van der Waals surface area contributed by atoms with E-state index in [1.165, 1.54) is 32.2 Å². The minimum atomic E-state index is -2.44. The summed E-state index contributed by atoms with van der Waals surface area (Å²) >= 11 is 0. The number of hydrogen-bond acceptors (Lipinski definition) is 3. The fourth-order valence-electron chi connectivity index (χ4n) is 5.34. The van der Waals surface area contributed by atoms with Crippen LogP contribution in [0.3, 0.4) is 0 Å². The molecule has 184 valence electrons. The third-order valence-corrected chi connectivity index (χ3v) is 11.5. The lowest BCUT2D eigenvalue weighted by Crippen LogP contribution is -2.40. The fourth-order valence-corrected chi connectivity index (χ4v) is 9.59. The molecule has 3 aromatic carbocycles. The minimum Gasteiger partial charge on any atom is -0.497 e. The van der Waals surface area contributed by atoms with Gasteiger partial charge < -0.3 is 18.6 Å². The zero-order valence-electron chi connectivity index (χ0n) is 21.4. The van der Waals surface area contributed by atoms with E-state index in [4.69, 9.17) is 14.5 Å². The van der Waals surface area contributed by atoms with Crippen molar-refractivity contribution in [3.63, 3.8) is 0 Å². The number of fused-ring (bicyclic) bond motifs is 2. The predicted molar refractivity (Wildman–Crippen MR) is 155 cm³/mol. The highest BCUT2D eigenvalue weighted by atomic mass is 31.2. The maximum Gasteiger partial charge on any atom is 0.198 e. The Labute approximate surface area is 217 Å².